The van der Waals surface area contributed by atoms with Crippen LogP contribution in [0.1, 0.15) is 0 Å². The lowest BCUT2D eigenvalue weighted by Gasteiger charge is -2.14. The SMILES string of the molecule is C[N+](C)(C)C.[O-]P(O)c1ccccc1. The smallest absolute Gasteiger partial charge is 0.0675 e. The maximum Gasteiger partial charge on any atom is 0.0675 e. The predicted octanol–water partition coefficient (Wildman–Crippen LogP) is 0.299. The van der Waals surface area contributed by atoms with Crippen LogP contribution in [0.2, 0.25) is 0 Å². The van der Waals surface area contributed by atoms with Gasteiger partial charge in [-0.1, -0.05) is 30.3 Å². The highest BCUT2D eigenvalue weighted by Gasteiger charge is 1.88. The minimum absolute atomic E-state index is 0.479. The van der Waals surface area contributed by atoms with Crippen LogP contribution in [0.3, 0.4) is 0 Å². The molecule has 0 saturated heterocycles. The van der Waals surface area contributed by atoms with E-state index < -0.39 is 8.38 Å². The molecule has 0 heterocycles. The van der Waals surface area contributed by atoms with Gasteiger partial charge in [-0.2, -0.15) is 0 Å². The maximum atomic E-state index is 10.3. The zero-order valence-corrected chi connectivity index (χ0v) is 10.0. The summed E-state index contributed by atoms with van der Waals surface area (Å²) >= 11 is 0. The second-order valence-electron chi connectivity index (χ2n) is 4.29. The second-order valence-corrected chi connectivity index (χ2v) is 5.35. The number of rotatable bonds is 1. The molecular weight excluding hydrogens is 197 g/mol. The van der Waals surface area contributed by atoms with Crippen LogP contribution in [0.15, 0.2) is 30.3 Å². The molecule has 0 aliphatic heterocycles. The Morgan fingerprint density at radius 3 is 1.64 bits per heavy atom. The van der Waals surface area contributed by atoms with Crippen LogP contribution in [0.5, 0.6) is 0 Å². The molecule has 1 aromatic carbocycles. The average molecular weight is 215 g/mol. The van der Waals surface area contributed by atoms with Gasteiger partial charge in [0.15, 0.2) is 0 Å². The van der Waals surface area contributed by atoms with Gasteiger partial charge in [-0.3, -0.25) is 0 Å². The molecule has 0 aliphatic carbocycles. The number of hydrogen-bond acceptors (Lipinski definition) is 2. The zero-order chi connectivity index (χ0) is 11.2. The fraction of sp³-hybridized carbons (Fsp3) is 0.400. The van der Waals surface area contributed by atoms with Crippen LogP contribution in [0.4, 0.5) is 0 Å². The Labute approximate surface area is 87.1 Å². The highest BCUT2D eigenvalue weighted by Crippen LogP contribution is 2.14. The van der Waals surface area contributed by atoms with Crippen molar-refractivity contribution in [2.24, 2.45) is 0 Å². The van der Waals surface area contributed by atoms with Crippen molar-refractivity contribution >= 4 is 13.7 Å². The molecule has 1 atom stereocenters. The topological polar surface area (TPSA) is 43.3 Å². The van der Waals surface area contributed by atoms with Crippen molar-refractivity contribution in [2.45, 2.75) is 0 Å². The number of hydrogen-bond donors (Lipinski definition) is 1. The van der Waals surface area contributed by atoms with E-state index in [1.807, 2.05) is 6.07 Å². The van der Waals surface area contributed by atoms with E-state index in [0.717, 1.165) is 4.48 Å². The van der Waals surface area contributed by atoms with Gasteiger partial charge >= 0.3 is 0 Å². The Morgan fingerprint density at radius 1 is 1.07 bits per heavy atom. The standard InChI is InChI=1S/C6H6O2P.C4H12N/c7-9(8)6-4-2-1-3-5-6;1-5(2,3)4/h1-5,7H;1-4H3/q-1;+1. The van der Waals surface area contributed by atoms with Crippen molar-refractivity contribution in [2.75, 3.05) is 28.2 Å². The number of benzene rings is 1. The minimum atomic E-state index is -2.15. The number of quaternary nitrogens is 1. The van der Waals surface area contributed by atoms with E-state index in [1.54, 1.807) is 24.3 Å². The summed E-state index contributed by atoms with van der Waals surface area (Å²) < 4.78 is 1.00. The molecule has 0 aromatic heterocycles. The summed E-state index contributed by atoms with van der Waals surface area (Å²) in [7, 11) is 6.35. The van der Waals surface area contributed by atoms with Crippen LogP contribution in [0, 0.1) is 0 Å². The van der Waals surface area contributed by atoms with E-state index in [4.69, 9.17) is 4.89 Å². The van der Waals surface area contributed by atoms with Gasteiger partial charge in [0.05, 0.1) is 28.2 Å². The summed E-state index contributed by atoms with van der Waals surface area (Å²) in [5.41, 5.74) is 0. The first-order valence-corrected chi connectivity index (χ1v) is 5.52. The summed E-state index contributed by atoms with van der Waals surface area (Å²) in [4.78, 5) is 18.9. The van der Waals surface area contributed by atoms with Gasteiger partial charge in [0.1, 0.15) is 0 Å². The lowest BCUT2D eigenvalue weighted by atomic mass is 10.4. The monoisotopic (exact) mass is 215 g/mol. The Hall–Kier alpha value is -0.470. The van der Waals surface area contributed by atoms with Crippen molar-refractivity contribution in [3.8, 4) is 0 Å². The lowest BCUT2D eigenvalue weighted by Crippen LogP contribution is -2.27. The third-order valence-electron chi connectivity index (χ3n) is 0.977. The molecule has 0 fully saturated rings. The highest BCUT2D eigenvalue weighted by atomic mass is 31.2. The van der Waals surface area contributed by atoms with Gasteiger partial charge in [-0.25, -0.2) is 0 Å². The van der Waals surface area contributed by atoms with Crippen molar-refractivity contribution in [3.05, 3.63) is 30.3 Å². The molecule has 0 radical (unpaired) electrons. The molecule has 0 aliphatic rings. The Kier molecular flexibility index (Phi) is 5.89. The largest absolute Gasteiger partial charge is 0.805 e. The molecule has 0 saturated carbocycles. The predicted molar refractivity (Wildman–Crippen MR) is 59.2 cm³/mol. The molecule has 0 spiro atoms. The van der Waals surface area contributed by atoms with Gasteiger partial charge in [0, 0.05) is 0 Å². The van der Waals surface area contributed by atoms with Crippen LogP contribution >= 0.6 is 8.38 Å². The molecule has 1 aromatic rings. The molecule has 1 unspecified atom stereocenters. The van der Waals surface area contributed by atoms with E-state index in [-0.39, 0.29) is 0 Å². The van der Waals surface area contributed by atoms with Gasteiger partial charge in [-0.15, -0.1) is 0 Å². The van der Waals surface area contributed by atoms with Crippen molar-refractivity contribution in [1.29, 1.82) is 0 Å². The second kappa shape index (κ2) is 6.10. The Morgan fingerprint density at radius 2 is 1.43 bits per heavy atom. The van der Waals surface area contributed by atoms with Crippen molar-refractivity contribution < 1.29 is 14.3 Å². The fourth-order valence-electron chi connectivity index (χ4n) is 0.556. The Bertz CT molecular complexity index is 238. The van der Waals surface area contributed by atoms with Gasteiger partial charge in [-0.05, 0) is 13.7 Å². The van der Waals surface area contributed by atoms with Gasteiger partial charge < -0.3 is 14.3 Å². The van der Waals surface area contributed by atoms with Gasteiger partial charge in [0.25, 0.3) is 0 Å². The normalized spacial score (nSPS) is 12.7. The molecule has 1 rings (SSSR count). The molecule has 0 bridgehead atoms. The first kappa shape index (κ1) is 13.5. The van der Waals surface area contributed by atoms with E-state index in [2.05, 4.69) is 28.2 Å². The summed E-state index contributed by atoms with van der Waals surface area (Å²) in [6.45, 7) is 0. The molecule has 4 heteroatoms. The van der Waals surface area contributed by atoms with Crippen molar-refractivity contribution in [1.82, 2.24) is 0 Å². The van der Waals surface area contributed by atoms with E-state index in [0.29, 0.717) is 5.30 Å². The molecule has 3 nitrogen and oxygen atoms in total. The quantitative estimate of drug-likeness (QED) is 0.541. The Balaban J connectivity index is 0.000000292. The van der Waals surface area contributed by atoms with Crippen LogP contribution < -0.4 is 10.2 Å². The first-order chi connectivity index (χ1) is 6.30. The molecule has 0 amide bonds. The number of nitrogens with zero attached hydrogens (tertiary/aromatic N) is 1. The molecule has 1 N–H and O–H groups in total. The van der Waals surface area contributed by atoms with Crippen molar-refractivity contribution in [3.63, 3.8) is 0 Å². The maximum absolute atomic E-state index is 10.3. The molecule has 80 valence electrons. The van der Waals surface area contributed by atoms with Crippen LogP contribution in [-0.4, -0.2) is 37.6 Å². The zero-order valence-electron chi connectivity index (χ0n) is 9.14. The fourth-order valence-corrected chi connectivity index (χ4v) is 0.983. The molecule has 14 heavy (non-hydrogen) atoms. The van der Waals surface area contributed by atoms with E-state index in [1.165, 1.54) is 0 Å². The summed E-state index contributed by atoms with van der Waals surface area (Å²) in [5.74, 6) is 0. The summed E-state index contributed by atoms with van der Waals surface area (Å²) in [5, 5.41) is 0.479. The van der Waals surface area contributed by atoms with E-state index >= 15 is 0 Å². The van der Waals surface area contributed by atoms with Gasteiger partial charge in [0.2, 0.25) is 0 Å². The lowest BCUT2D eigenvalue weighted by molar-refractivity contribution is -0.849. The summed E-state index contributed by atoms with van der Waals surface area (Å²) in [6.07, 6.45) is 0. The highest BCUT2D eigenvalue weighted by molar-refractivity contribution is 7.52. The summed E-state index contributed by atoms with van der Waals surface area (Å²) in [6, 6.07) is 8.53. The van der Waals surface area contributed by atoms with Crippen LogP contribution in [-0.2, 0) is 0 Å². The molecular formula is C10H18NO2P. The first-order valence-electron chi connectivity index (χ1n) is 4.31. The van der Waals surface area contributed by atoms with E-state index in [9.17, 15) is 4.89 Å². The van der Waals surface area contributed by atoms with Crippen LogP contribution in [0.25, 0.3) is 0 Å². The average Bonchev–Trinajstić information content (AvgIpc) is 2.03. The third-order valence-corrected chi connectivity index (χ3v) is 1.72. The third kappa shape index (κ3) is 9.62. The minimum Gasteiger partial charge on any atom is -0.805 e.